The maximum atomic E-state index is 11.9. The zero-order valence-electron chi connectivity index (χ0n) is 21.1. The van der Waals surface area contributed by atoms with E-state index in [-0.39, 0.29) is 63.4 Å². The predicted molar refractivity (Wildman–Crippen MR) is 137 cm³/mol. The molecule has 14 nitrogen and oxygen atoms in total. The number of amides is 5. The zero-order chi connectivity index (χ0) is 27.8. The van der Waals surface area contributed by atoms with Crippen molar-refractivity contribution in [1.29, 1.82) is 0 Å². The van der Waals surface area contributed by atoms with E-state index in [1.54, 1.807) is 4.90 Å². The van der Waals surface area contributed by atoms with Gasteiger partial charge in [0, 0.05) is 32.7 Å². The lowest BCUT2D eigenvalue weighted by Crippen LogP contribution is -2.61. The van der Waals surface area contributed by atoms with E-state index in [2.05, 4.69) is 5.32 Å². The van der Waals surface area contributed by atoms with Crippen LogP contribution in [0.1, 0.15) is 5.56 Å². The molecule has 0 unspecified atom stereocenters. The summed E-state index contributed by atoms with van der Waals surface area (Å²) in [6.07, 6.45) is 0. The number of quaternary nitrogens is 1. The molecule has 0 bridgehead atoms. The summed E-state index contributed by atoms with van der Waals surface area (Å²) in [4.78, 5) is 61.4. The second-order valence-corrected chi connectivity index (χ2v) is 9.09. The number of nitrogens with one attached hydrogen (secondary N) is 1. The fourth-order valence-corrected chi connectivity index (χ4v) is 4.07. The number of hydrogen-bond donors (Lipinski definition) is 6. The molecule has 0 saturated heterocycles. The molecular formula is C23H40N9O5+. The van der Waals surface area contributed by atoms with Gasteiger partial charge in [-0.25, -0.2) is 0 Å². The lowest BCUT2D eigenvalue weighted by atomic mass is 10.2. The molecule has 0 aliphatic heterocycles. The summed E-state index contributed by atoms with van der Waals surface area (Å²) >= 11 is 0. The van der Waals surface area contributed by atoms with Gasteiger partial charge in [0.05, 0.1) is 32.7 Å². The zero-order valence-corrected chi connectivity index (χ0v) is 21.1. The Morgan fingerprint density at radius 2 is 1.14 bits per heavy atom. The van der Waals surface area contributed by atoms with Crippen LogP contribution in [0.25, 0.3) is 0 Å². The number of carbonyl (C=O) groups is 5. The first kappa shape index (κ1) is 31.4. The van der Waals surface area contributed by atoms with E-state index >= 15 is 0 Å². The van der Waals surface area contributed by atoms with E-state index in [0.717, 1.165) is 5.56 Å². The average molecular weight is 523 g/mol. The monoisotopic (exact) mass is 522 g/mol. The largest absolute Gasteiger partial charge is 0.369 e. The number of nitrogens with two attached hydrogens (primary N) is 5. The van der Waals surface area contributed by atoms with E-state index in [9.17, 15) is 24.0 Å². The van der Waals surface area contributed by atoms with Gasteiger partial charge >= 0.3 is 0 Å². The van der Waals surface area contributed by atoms with Gasteiger partial charge in [0.15, 0.2) is 13.1 Å². The molecule has 1 rings (SSSR count). The number of carbonyl (C=O) groups excluding carboxylic acids is 5. The fraction of sp³-hybridized carbons (Fsp3) is 0.522. The minimum atomic E-state index is -0.635. The van der Waals surface area contributed by atoms with Gasteiger partial charge in [0.1, 0.15) is 0 Å². The summed E-state index contributed by atoms with van der Waals surface area (Å²) < 4.78 is -0.0198. The molecule has 5 amide bonds. The van der Waals surface area contributed by atoms with Crippen LogP contribution in [0.2, 0.25) is 0 Å². The summed E-state index contributed by atoms with van der Waals surface area (Å²) in [5.41, 5.74) is 28.0. The van der Waals surface area contributed by atoms with Crippen LogP contribution < -0.4 is 34.0 Å². The highest BCUT2D eigenvalue weighted by Crippen LogP contribution is 2.08. The maximum Gasteiger partial charge on any atom is 0.272 e. The van der Waals surface area contributed by atoms with Crippen molar-refractivity contribution in [2.45, 2.75) is 6.54 Å². The van der Waals surface area contributed by atoms with Crippen molar-refractivity contribution in [3.05, 3.63) is 35.9 Å². The van der Waals surface area contributed by atoms with Gasteiger partial charge in [-0.1, -0.05) is 30.3 Å². The van der Waals surface area contributed by atoms with E-state index < -0.39 is 29.5 Å². The first-order chi connectivity index (χ1) is 17.4. The number of benzene rings is 1. The molecule has 1 aromatic rings. The smallest absolute Gasteiger partial charge is 0.272 e. The Kier molecular flexibility index (Phi) is 13.8. The number of rotatable bonds is 21. The van der Waals surface area contributed by atoms with Crippen LogP contribution in [0.5, 0.6) is 0 Å². The topological polar surface area (TPSA) is 234 Å². The Balaban J connectivity index is 2.93. The lowest BCUT2D eigenvalue weighted by Gasteiger charge is -2.38. The third-order valence-corrected chi connectivity index (χ3v) is 5.68. The highest BCUT2D eigenvalue weighted by atomic mass is 16.2. The van der Waals surface area contributed by atoms with Crippen molar-refractivity contribution in [3.63, 3.8) is 0 Å². The van der Waals surface area contributed by atoms with Gasteiger partial charge in [0.2, 0.25) is 17.7 Å². The summed E-state index contributed by atoms with van der Waals surface area (Å²) in [7, 11) is 0. The van der Waals surface area contributed by atoms with Gasteiger partial charge in [-0.05, 0) is 5.56 Å². The fourth-order valence-electron chi connectivity index (χ4n) is 4.07. The second-order valence-electron chi connectivity index (χ2n) is 9.09. The van der Waals surface area contributed by atoms with Crippen LogP contribution in [-0.2, 0) is 30.5 Å². The Morgan fingerprint density at radius 1 is 0.649 bits per heavy atom. The number of nitrogens with zero attached hydrogens (tertiary/aromatic N) is 3. The van der Waals surface area contributed by atoms with Gasteiger partial charge < -0.3 is 38.5 Å². The first-order valence-electron chi connectivity index (χ1n) is 11.9. The molecule has 14 heteroatoms. The van der Waals surface area contributed by atoms with Crippen LogP contribution in [-0.4, -0.2) is 116 Å². The minimum absolute atomic E-state index is 0.0198. The molecule has 0 radical (unpaired) electrons. The molecule has 11 N–H and O–H groups in total. The quantitative estimate of drug-likeness (QED) is 0.0679. The van der Waals surface area contributed by atoms with Gasteiger partial charge in [0.25, 0.3) is 11.8 Å². The van der Waals surface area contributed by atoms with Crippen molar-refractivity contribution in [2.24, 2.45) is 28.7 Å². The van der Waals surface area contributed by atoms with Gasteiger partial charge in [-0.3, -0.25) is 33.8 Å². The molecule has 0 aliphatic carbocycles. The van der Waals surface area contributed by atoms with E-state index in [0.29, 0.717) is 19.6 Å². The number of primary amides is 5. The van der Waals surface area contributed by atoms with Crippen LogP contribution >= 0.6 is 0 Å². The van der Waals surface area contributed by atoms with Crippen LogP contribution in [0, 0.1) is 0 Å². The number of hydrogen-bond acceptors (Lipinski definition) is 8. The van der Waals surface area contributed by atoms with Gasteiger partial charge in [-0.15, -0.1) is 0 Å². The van der Waals surface area contributed by atoms with E-state index in [4.69, 9.17) is 28.7 Å². The molecule has 0 heterocycles. The molecular weight excluding hydrogens is 482 g/mol. The maximum absolute atomic E-state index is 11.9. The van der Waals surface area contributed by atoms with E-state index in [1.165, 1.54) is 4.90 Å². The molecule has 0 aromatic heterocycles. The third kappa shape index (κ3) is 14.5. The Bertz CT molecular complexity index is 881. The Hall–Kier alpha value is -3.59. The molecule has 0 aliphatic rings. The molecule has 0 fully saturated rings. The summed E-state index contributed by atoms with van der Waals surface area (Å²) in [5, 5.41) is 3.30. The van der Waals surface area contributed by atoms with Crippen molar-refractivity contribution < 1.29 is 28.5 Å². The molecule has 0 atom stereocenters. The standard InChI is InChI=1S/C23H39N9O5/c24-19(33)13-30(7-8-31(14-20(25)34)15-21(26)35)9-11-32(16-22(27)36,17-23(28)37)10-6-29-12-18-4-2-1-3-5-18/h1-5,29H,6-17H2,(H9-,24,25,26,27,28,33,34,35,36,37)/p+1. The molecule has 0 saturated carbocycles. The highest BCUT2D eigenvalue weighted by Gasteiger charge is 2.32. The minimum Gasteiger partial charge on any atom is -0.369 e. The van der Waals surface area contributed by atoms with Crippen molar-refractivity contribution in [3.8, 4) is 0 Å². The summed E-state index contributed by atoms with van der Waals surface area (Å²) in [5.74, 6) is -3.06. The van der Waals surface area contributed by atoms with Crippen LogP contribution in [0.15, 0.2) is 30.3 Å². The normalized spacial score (nSPS) is 11.5. The van der Waals surface area contributed by atoms with Gasteiger partial charge in [-0.2, -0.15) is 0 Å². The van der Waals surface area contributed by atoms with Crippen molar-refractivity contribution in [1.82, 2.24) is 15.1 Å². The predicted octanol–water partition coefficient (Wildman–Crippen LogP) is -4.38. The van der Waals surface area contributed by atoms with Crippen LogP contribution in [0.4, 0.5) is 0 Å². The Labute approximate surface area is 216 Å². The van der Waals surface area contributed by atoms with Crippen molar-refractivity contribution >= 4 is 29.5 Å². The molecule has 1 aromatic carbocycles. The Morgan fingerprint density at radius 3 is 1.62 bits per heavy atom. The first-order valence-corrected chi connectivity index (χ1v) is 11.9. The van der Waals surface area contributed by atoms with Crippen LogP contribution in [0.3, 0.4) is 0 Å². The molecule has 206 valence electrons. The molecule has 37 heavy (non-hydrogen) atoms. The van der Waals surface area contributed by atoms with E-state index in [1.807, 2.05) is 30.3 Å². The summed E-state index contributed by atoms with van der Waals surface area (Å²) in [6, 6.07) is 9.73. The average Bonchev–Trinajstić information content (AvgIpc) is 2.77. The SMILES string of the molecule is NC(=O)CN(CCN(CC(N)=O)CC(N)=O)CC[N+](CCNCc1ccccc1)(CC(N)=O)CC(N)=O. The lowest BCUT2D eigenvalue weighted by molar-refractivity contribution is -0.911. The molecule has 0 spiro atoms. The third-order valence-electron chi connectivity index (χ3n) is 5.68. The highest BCUT2D eigenvalue weighted by molar-refractivity contribution is 5.79. The van der Waals surface area contributed by atoms with Crippen molar-refractivity contribution in [2.75, 3.05) is 72.0 Å². The second kappa shape index (κ2) is 16.2. The summed E-state index contributed by atoms with van der Waals surface area (Å²) in [6.45, 7) is 1.62.